The number of non-ortho nitro benzene ring substituents is 1. The zero-order chi connectivity index (χ0) is 14.4. The van der Waals surface area contributed by atoms with E-state index >= 15 is 0 Å². The Labute approximate surface area is 109 Å². The molecule has 0 spiro atoms. The van der Waals surface area contributed by atoms with Crippen LogP contribution in [0, 0.1) is 10.1 Å². The van der Waals surface area contributed by atoms with Gasteiger partial charge in [-0.05, 0) is 12.0 Å². The fourth-order valence-electron chi connectivity index (χ4n) is 1.59. The Morgan fingerprint density at radius 2 is 2.16 bits per heavy atom. The van der Waals surface area contributed by atoms with E-state index in [1.54, 1.807) is 13.0 Å². The van der Waals surface area contributed by atoms with Gasteiger partial charge >= 0.3 is 0 Å². The van der Waals surface area contributed by atoms with Gasteiger partial charge in [-0.2, -0.15) is 0 Å². The van der Waals surface area contributed by atoms with Gasteiger partial charge in [-0.25, -0.2) is 0 Å². The summed E-state index contributed by atoms with van der Waals surface area (Å²) < 4.78 is 0. The fraction of sp³-hybridized carbons (Fsp3) is 0.333. The van der Waals surface area contributed by atoms with E-state index in [1.165, 1.54) is 18.2 Å². The molecule has 1 aromatic rings. The molecule has 1 atom stereocenters. The maximum atomic E-state index is 11.7. The first-order valence-electron chi connectivity index (χ1n) is 5.76. The largest absolute Gasteiger partial charge is 0.368 e. The number of nitro groups is 1. The van der Waals surface area contributed by atoms with Crippen molar-refractivity contribution in [3.05, 3.63) is 39.9 Å². The van der Waals surface area contributed by atoms with E-state index in [2.05, 4.69) is 5.32 Å². The maximum absolute atomic E-state index is 11.7. The van der Waals surface area contributed by atoms with Crippen LogP contribution in [0.2, 0.25) is 0 Å². The molecule has 0 aromatic heterocycles. The van der Waals surface area contributed by atoms with Gasteiger partial charge in [-0.3, -0.25) is 19.7 Å². The number of amides is 2. The van der Waals surface area contributed by atoms with Crippen LogP contribution < -0.4 is 11.1 Å². The summed E-state index contributed by atoms with van der Waals surface area (Å²) in [6.45, 7) is 1.73. The summed E-state index contributed by atoms with van der Waals surface area (Å²) >= 11 is 0. The molecule has 102 valence electrons. The van der Waals surface area contributed by atoms with Gasteiger partial charge in [-0.1, -0.05) is 19.1 Å². The molecule has 1 aromatic carbocycles. The highest BCUT2D eigenvalue weighted by atomic mass is 16.6. The third kappa shape index (κ3) is 4.38. The number of hydrogen-bond acceptors (Lipinski definition) is 4. The number of nitrogens with two attached hydrogens (primary N) is 1. The molecule has 7 heteroatoms. The number of benzene rings is 1. The molecule has 0 bridgehead atoms. The van der Waals surface area contributed by atoms with Crippen LogP contribution in [0.3, 0.4) is 0 Å². The summed E-state index contributed by atoms with van der Waals surface area (Å²) in [5.74, 6) is -0.999. The van der Waals surface area contributed by atoms with Crippen LogP contribution in [0.4, 0.5) is 5.69 Å². The van der Waals surface area contributed by atoms with Gasteiger partial charge in [0.2, 0.25) is 11.8 Å². The third-order valence-corrected chi connectivity index (χ3v) is 2.57. The zero-order valence-electron chi connectivity index (χ0n) is 10.5. The monoisotopic (exact) mass is 265 g/mol. The van der Waals surface area contributed by atoms with Crippen LogP contribution in [0.15, 0.2) is 24.3 Å². The minimum Gasteiger partial charge on any atom is -0.368 e. The summed E-state index contributed by atoms with van der Waals surface area (Å²) in [6, 6.07) is 5.07. The molecule has 0 aliphatic carbocycles. The Hall–Kier alpha value is -2.44. The Morgan fingerprint density at radius 3 is 2.68 bits per heavy atom. The number of carbonyl (C=O) groups excluding carboxylic acids is 2. The van der Waals surface area contributed by atoms with Crippen LogP contribution in [-0.4, -0.2) is 22.8 Å². The second-order valence-electron chi connectivity index (χ2n) is 4.03. The number of nitro benzene ring substituents is 1. The molecule has 1 rings (SSSR count). The minimum atomic E-state index is -0.716. The quantitative estimate of drug-likeness (QED) is 0.576. The molecule has 19 heavy (non-hydrogen) atoms. The Morgan fingerprint density at radius 1 is 1.47 bits per heavy atom. The molecule has 0 aliphatic heterocycles. The van der Waals surface area contributed by atoms with Crippen LogP contribution in [0.1, 0.15) is 18.9 Å². The lowest BCUT2D eigenvalue weighted by molar-refractivity contribution is -0.384. The average Bonchev–Trinajstić information content (AvgIpc) is 2.35. The molecule has 0 radical (unpaired) electrons. The number of hydrogen-bond donors (Lipinski definition) is 2. The topological polar surface area (TPSA) is 115 Å². The summed E-state index contributed by atoms with van der Waals surface area (Å²) in [5, 5.41) is 13.1. The Kier molecular flexibility index (Phi) is 4.99. The van der Waals surface area contributed by atoms with Crippen molar-refractivity contribution >= 4 is 17.5 Å². The van der Waals surface area contributed by atoms with Gasteiger partial charge in [0.05, 0.1) is 11.3 Å². The van der Waals surface area contributed by atoms with E-state index < -0.39 is 22.8 Å². The minimum absolute atomic E-state index is 0.0363. The normalized spacial score (nSPS) is 11.6. The first-order valence-corrected chi connectivity index (χ1v) is 5.76. The number of nitrogens with zero attached hydrogens (tertiary/aromatic N) is 1. The second kappa shape index (κ2) is 6.48. The molecule has 0 fully saturated rings. The lowest BCUT2D eigenvalue weighted by Crippen LogP contribution is -2.44. The van der Waals surface area contributed by atoms with E-state index in [-0.39, 0.29) is 12.1 Å². The molecule has 0 unspecified atom stereocenters. The molecule has 0 heterocycles. The van der Waals surface area contributed by atoms with Crippen LogP contribution in [-0.2, 0) is 16.0 Å². The van der Waals surface area contributed by atoms with Crippen molar-refractivity contribution in [3.8, 4) is 0 Å². The van der Waals surface area contributed by atoms with E-state index in [0.717, 1.165) is 0 Å². The predicted octanol–water partition coefficient (Wildman–Crippen LogP) is 0.517. The van der Waals surface area contributed by atoms with Crippen LogP contribution >= 0.6 is 0 Å². The number of primary amides is 1. The van der Waals surface area contributed by atoms with E-state index in [4.69, 9.17) is 5.73 Å². The maximum Gasteiger partial charge on any atom is 0.269 e. The standard InChI is InChI=1S/C12H15N3O4/c1-2-10(12(13)17)14-11(16)7-8-4-3-5-9(6-8)15(18)19/h3-6,10H,2,7H2,1H3,(H2,13,17)(H,14,16)/t10-/m0/s1. The van der Waals surface area contributed by atoms with Gasteiger partial charge in [-0.15, -0.1) is 0 Å². The Balaban J connectivity index is 2.69. The average molecular weight is 265 g/mol. The Bertz CT molecular complexity index is 502. The molecule has 0 saturated carbocycles. The number of rotatable bonds is 6. The number of carbonyl (C=O) groups is 2. The van der Waals surface area contributed by atoms with Crippen LogP contribution in [0.25, 0.3) is 0 Å². The smallest absolute Gasteiger partial charge is 0.269 e. The summed E-state index contributed by atoms with van der Waals surface area (Å²) in [6.07, 6.45) is 0.363. The van der Waals surface area contributed by atoms with Crippen molar-refractivity contribution in [1.82, 2.24) is 5.32 Å². The molecule has 0 saturated heterocycles. The van der Waals surface area contributed by atoms with Crippen LogP contribution in [0.5, 0.6) is 0 Å². The van der Waals surface area contributed by atoms with Gasteiger partial charge in [0, 0.05) is 12.1 Å². The van der Waals surface area contributed by atoms with E-state index in [0.29, 0.717) is 12.0 Å². The SMILES string of the molecule is CC[C@H](NC(=O)Cc1cccc([N+](=O)[O-])c1)C(N)=O. The summed E-state index contributed by atoms with van der Waals surface area (Å²) in [7, 11) is 0. The van der Waals surface area contributed by atoms with Gasteiger partial charge < -0.3 is 11.1 Å². The van der Waals surface area contributed by atoms with Crippen molar-refractivity contribution in [1.29, 1.82) is 0 Å². The molecular weight excluding hydrogens is 250 g/mol. The predicted molar refractivity (Wildman–Crippen MR) is 68.2 cm³/mol. The lowest BCUT2D eigenvalue weighted by atomic mass is 10.1. The fourth-order valence-corrected chi connectivity index (χ4v) is 1.59. The second-order valence-corrected chi connectivity index (χ2v) is 4.03. The molecular formula is C12H15N3O4. The number of nitrogens with one attached hydrogen (secondary N) is 1. The van der Waals surface area contributed by atoms with Crippen molar-refractivity contribution in [2.75, 3.05) is 0 Å². The zero-order valence-corrected chi connectivity index (χ0v) is 10.5. The van der Waals surface area contributed by atoms with Gasteiger partial charge in [0.1, 0.15) is 6.04 Å². The van der Waals surface area contributed by atoms with Gasteiger partial charge in [0.15, 0.2) is 0 Å². The molecule has 0 aliphatic rings. The summed E-state index contributed by atoms with van der Waals surface area (Å²) in [4.78, 5) is 32.7. The van der Waals surface area contributed by atoms with Crippen molar-refractivity contribution in [2.45, 2.75) is 25.8 Å². The van der Waals surface area contributed by atoms with E-state index in [1.807, 2.05) is 0 Å². The molecule has 3 N–H and O–H groups in total. The molecule has 2 amide bonds. The highest BCUT2D eigenvalue weighted by Crippen LogP contribution is 2.13. The first-order chi connectivity index (χ1) is 8.93. The highest BCUT2D eigenvalue weighted by molar-refractivity contribution is 5.87. The van der Waals surface area contributed by atoms with Crippen molar-refractivity contribution < 1.29 is 14.5 Å². The van der Waals surface area contributed by atoms with Crippen molar-refractivity contribution in [2.24, 2.45) is 5.73 Å². The molecule has 7 nitrogen and oxygen atoms in total. The highest BCUT2D eigenvalue weighted by Gasteiger charge is 2.16. The van der Waals surface area contributed by atoms with Gasteiger partial charge in [0.25, 0.3) is 5.69 Å². The van der Waals surface area contributed by atoms with Crippen molar-refractivity contribution in [3.63, 3.8) is 0 Å². The van der Waals surface area contributed by atoms with E-state index in [9.17, 15) is 19.7 Å². The summed E-state index contributed by atoms with van der Waals surface area (Å²) in [5.41, 5.74) is 5.54. The third-order valence-electron chi connectivity index (χ3n) is 2.57. The lowest BCUT2D eigenvalue weighted by Gasteiger charge is -2.12. The first kappa shape index (κ1) is 14.6.